The van der Waals surface area contributed by atoms with Crippen LogP contribution in [0.5, 0.6) is 5.75 Å². The molecule has 1 unspecified atom stereocenters. The van der Waals surface area contributed by atoms with Crippen LogP contribution in [-0.4, -0.2) is 23.3 Å². The van der Waals surface area contributed by atoms with Crippen LogP contribution in [0.15, 0.2) is 53.7 Å². The van der Waals surface area contributed by atoms with Gasteiger partial charge in [0.15, 0.2) is 0 Å². The fourth-order valence-corrected chi connectivity index (χ4v) is 2.68. The summed E-state index contributed by atoms with van der Waals surface area (Å²) >= 11 is 1.51. The van der Waals surface area contributed by atoms with E-state index in [0.29, 0.717) is 12.4 Å². The molecule has 0 spiro atoms. The van der Waals surface area contributed by atoms with Gasteiger partial charge >= 0.3 is 0 Å². The molecule has 0 bridgehead atoms. The first-order valence-electron chi connectivity index (χ1n) is 7.24. The van der Waals surface area contributed by atoms with Crippen molar-refractivity contribution in [1.29, 1.82) is 0 Å². The van der Waals surface area contributed by atoms with E-state index in [1.807, 2.05) is 50.2 Å². The highest BCUT2D eigenvalue weighted by molar-refractivity contribution is 8.00. The molecular weight excluding hydrogens is 296 g/mol. The zero-order valence-corrected chi connectivity index (χ0v) is 13.6. The van der Waals surface area contributed by atoms with Crippen LogP contribution in [-0.2, 0) is 4.79 Å². The Morgan fingerprint density at radius 3 is 2.55 bits per heavy atom. The summed E-state index contributed by atoms with van der Waals surface area (Å²) in [6.07, 6.45) is 3.46. The predicted molar refractivity (Wildman–Crippen MR) is 89.1 cm³/mol. The Kier molecular flexibility index (Phi) is 6.27. The second kappa shape index (κ2) is 8.44. The Balaban J connectivity index is 1.80. The smallest absolute Gasteiger partial charge is 0.230 e. The number of nitrogens with zero attached hydrogens (tertiary/aromatic N) is 1. The van der Waals surface area contributed by atoms with Crippen molar-refractivity contribution in [2.75, 3.05) is 12.4 Å². The number of hydrogen-bond donors (Lipinski definition) is 1. The summed E-state index contributed by atoms with van der Waals surface area (Å²) in [6.45, 7) is 4.58. The Bertz CT molecular complexity index is 587. The molecule has 1 aromatic heterocycles. The highest BCUT2D eigenvalue weighted by atomic mass is 32.2. The van der Waals surface area contributed by atoms with Gasteiger partial charge in [-0.05, 0) is 55.8 Å². The van der Waals surface area contributed by atoms with Gasteiger partial charge in [-0.2, -0.15) is 0 Å². The van der Waals surface area contributed by atoms with Gasteiger partial charge in [0.25, 0.3) is 0 Å². The Labute approximate surface area is 135 Å². The molecule has 1 aromatic carbocycles. The lowest BCUT2D eigenvalue weighted by atomic mass is 10.1. The highest BCUT2D eigenvalue weighted by Gasteiger charge is 2.09. The first-order chi connectivity index (χ1) is 10.7. The number of amides is 1. The van der Waals surface area contributed by atoms with Gasteiger partial charge in [-0.3, -0.25) is 9.78 Å². The normalized spacial score (nSPS) is 11.7. The molecule has 0 fully saturated rings. The van der Waals surface area contributed by atoms with E-state index in [-0.39, 0.29) is 11.9 Å². The van der Waals surface area contributed by atoms with Gasteiger partial charge in [0.05, 0.1) is 18.4 Å². The molecule has 1 heterocycles. The largest absolute Gasteiger partial charge is 0.494 e. The van der Waals surface area contributed by atoms with Gasteiger partial charge < -0.3 is 10.1 Å². The molecule has 4 nitrogen and oxygen atoms in total. The molecule has 2 rings (SSSR count). The summed E-state index contributed by atoms with van der Waals surface area (Å²) in [5.41, 5.74) is 1.05. The number of hydrogen-bond acceptors (Lipinski definition) is 4. The summed E-state index contributed by atoms with van der Waals surface area (Å²) in [6, 6.07) is 11.6. The Morgan fingerprint density at radius 1 is 1.23 bits per heavy atom. The topological polar surface area (TPSA) is 51.2 Å². The third kappa shape index (κ3) is 5.07. The minimum absolute atomic E-state index is 0.0168. The summed E-state index contributed by atoms with van der Waals surface area (Å²) in [5.74, 6) is 1.26. The molecule has 0 aliphatic carbocycles. The molecule has 0 saturated carbocycles. The fraction of sp³-hybridized carbons (Fsp3) is 0.294. The molecule has 2 aromatic rings. The molecule has 0 aliphatic heterocycles. The van der Waals surface area contributed by atoms with Crippen LogP contribution in [0, 0.1) is 0 Å². The fourth-order valence-electron chi connectivity index (χ4n) is 1.97. The average Bonchev–Trinajstić information content (AvgIpc) is 2.55. The van der Waals surface area contributed by atoms with Crippen LogP contribution in [0.3, 0.4) is 0 Å². The molecule has 5 heteroatoms. The zero-order valence-electron chi connectivity index (χ0n) is 12.8. The van der Waals surface area contributed by atoms with E-state index in [0.717, 1.165) is 16.2 Å². The van der Waals surface area contributed by atoms with Crippen molar-refractivity contribution in [3.63, 3.8) is 0 Å². The van der Waals surface area contributed by atoms with Crippen molar-refractivity contribution in [1.82, 2.24) is 10.3 Å². The molecular formula is C17H20N2O2S. The Morgan fingerprint density at radius 2 is 1.91 bits per heavy atom. The lowest BCUT2D eigenvalue weighted by molar-refractivity contribution is -0.119. The molecule has 0 saturated heterocycles. The maximum absolute atomic E-state index is 12.0. The van der Waals surface area contributed by atoms with Crippen LogP contribution >= 0.6 is 11.8 Å². The molecule has 0 radical (unpaired) electrons. The van der Waals surface area contributed by atoms with E-state index < -0.39 is 0 Å². The predicted octanol–water partition coefficient (Wildman–Crippen LogP) is 3.45. The summed E-state index contributed by atoms with van der Waals surface area (Å²) in [5, 5.41) is 2.99. The minimum atomic E-state index is -0.0172. The summed E-state index contributed by atoms with van der Waals surface area (Å²) in [4.78, 5) is 17.0. The van der Waals surface area contributed by atoms with Crippen molar-refractivity contribution in [3.05, 3.63) is 54.4 Å². The SMILES string of the molecule is CCOc1ccc(SCC(=O)NC(C)c2ccncc2)cc1. The van der Waals surface area contributed by atoms with Crippen LogP contribution in [0.1, 0.15) is 25.5 Å². The van der Waals surface area contributed by atoms with Gasteiger partial charge in [-0.1, -0.05) is 0 Å². The van der Waals surface area contributed by atoms with Crippen molar-refractivity contribution in [3.8, 4) is 5.75 Å². The van der Waals surface area contributed by atoms with E-state index >= 15 is 0 Å². The number of aromatic nitrogens is 1. The van der Waals surface area contributed by atoms with Gasteiger partial charge in [0, 0.05) is 17.3 Å². The second-order valence-corrected chi connectivity index (χ2v) is 5.81. The van der Waals surface area contributed by atoms with Crippen LogP contribution in [0.25, 0.3) is 0 Å². The van der Waals surface area contributed by atoms with Gasteiger partial charge in [0.2, 0.25) is 5.91 Å². The van der Waals surface area contributed by atoms with Crippen molar-refractivity contribution < 1.29 is 9.53 Å². The summed E-state index contributed by atoms with van der Waals surface area (Å²) < 4.78 is 5.39. The van der Waals surface area contributed by atoms with Crippen LogP contribution in [0.2, 0.25) is 0 Å². The van der Waals surface area contributed by atoms with E-state index in [4.69, 9.17) is 4.74 Å². The average molecular weight is 316 g/mol. The number of thioether (sulfide) groups is 1. The van der Waals surface area contributed by atoms with E-state index in [9.17, 15) is 4.79 Å². The number of pyridine rings is 1. The maximum atomic E-state index is 12.0. The maximum Gasteiger partial charge on any atom is 0.230 e. The molecule has 0 aliphatic rings. The van der Waals surface area contributed by atoms with E-state index in [1.54, 1.807) is 12.4 Å². The molecule has 116 valence electrons. The quantitative estimate of drug-likeness (QED) is 0.795. The zero-order chi connectivity index (χ0) is 15.8. The van der Waals surface area contributed by atoms with Crippen molar-refractivity contribution in [2.24, 2.45) is 0 Å². The monoisotopic (exact) mass is 316 g/mol. The minimum Gasteiger partial charge on any atom is -0.494 e. The second-order valence-electron chi connectivity index (χ2n) is 4.76. The first kappa shape index (κ1) is 16.4. The van der Waals surface area contributed by atoms with Gasteiger partial charge in [-0.15, -0.1) is 11.8 Å². The van der Waals surface area contributed by atoms with Gasteiger partial charge in [0.1, 0.15) is 5.75 Å². The number of benzene rings is 1. The summed E-state index contributed by atoms with van der Waals surface area (Å²) in [7, 11) is 0. The van der Waals surface area contributed by atoms with Gasteiger partial charge in [-0.25, -0.2) is 0 Å². The van der Waals surface area contributed by atoms with E-state index in [1.165, 1.54) is 11.8 Å². The standard InChI is InChI=1S/C17H20N2O2S/c1-3-21-15-4-6-16(7-5-15)22-12-17(20)19-13(2)14-8-10-18-11-9-14/h4-11,13H,3,12H2,1-2H3,(H,19,20). The van der Waals surface area contributed by atoms with Crippen molar-refractivity contribution >= 4 is 17.7 Å². The third-order valence-electron chi connectivity index (χ3n) is 3.09. The first-order valence-corrected chi connectivity index (χ1v) is 8.22. The number of ether oxygens (including phenoxy) is 1. The Hall–Kier alpha value is -2.01. The van der Waals surface area contributed by atoms with E-state index in [2.05, 4.69) is 10.3 Å². The van der Waals surface area contributed by atoms with Crippen LogP contribution in [0.4, 0.5) is 0 Å². The number of nitrogens with one attached hydrogen (secondary N) is 1. The highest BCUT2D eigenvalue weighted by Crippen LogP contribution is 2.21. The lowest BCUT2D eigenvalue weighted by Crippen LogP contribution is -2.28. The lowest BCUT2D eigenvalue weighted by Gasteiger charge is -2.13. The molecule has 22 heavy (non-hydrogen) atoms. The van der Waals surface area contributed by atoms with Crippen molar-refractivity contribution in [2.45, 2.75) is 24.8 Å². The molecule has 1 atom stereocenters. The number of rotatable bonds is 7. The molecule has 1 amide bonds. The van der Waals surface area contributed by atoms with Crippen LogP contribution < -0.4 is 10.1 Å². The number of carbonyl (C=O) groups is 1. The number of carbonyl (C=O) groups excluding carboxylic acids is 1. The molecule has 1 N–H and O–H groups in total. The third-order valence-corrected chi connectivity index (χ3v) is 4.10.